The van der Waals surface area contributed by atoms with Crippen LogP contribution in [0.3, 0.4) is 0 Å². The molecule has 1 amide bonds. The topological polar surface area (TPSA) is 45.7 Å². The van der Waals surface area contributed by atoms with E-state index >= 15 is 0 Å². The van der Waals surface area contributed by atoms with Gasteiger partial charge in [-0.25, -0.2) is 4.98 Å². The normalized spacial score (nSPS) is 20.7. The molecule has 0 spiro atoms. The number of amides is 1. The van der Waals surface area contributed by atoms with Crippen molar-refractivity contribution in [2.75, 3.05) is 33.3 Å². The van der Waals surface area contributed by atoms with Gasteiger partial charge < -0.3 is 9.64 Å². The van der Waals surface area contributed by atoms with Gasteiger partial charge in [0.15, 0.2) is 0 Å². The molecule has 0 atom stereocenters. The standard InChI is InChI=1S/C16H23N3O2/c1-21-15-7-6-13(12-17-15)16(20)19-10-8-18(9-11-19)14-4-2-3-5-14/h6-7,12,14H,2-5,8-11H2,1H3. The number of piperazine rings is 1. The molecule has 1 saturated heterocycles. The van der Waals surface area contributed by atoms with Crippen molar-refractivity contribution in [2.24, 2.45) is 0 Å². The molecule has 1 aromatic rings. The molecule has 0 bridgehead atoms. The van der Waals surface area contributed by atoms with E-state index in [1.165, 1.54) is 25.7 Å². The molecule has 2 heterocycles. The molecule has 3 rings (SSSR count). The Balaban J connectivity index is 1.56. The van der Waals surface area contributed by atoms with Gasteiger partial charge in [0.2, 0.25) is 5.88 Å². The van der Waals surface area contributed by atoms with Gasteiger partial charge in [-0.2, -0.15) is 0 Å². The van der Waals surface area contributed by atoms with Crippen molar-refractivity contribution in [1.29, 1.82) is 0 Å². The smallest absolute Gasteiger partial charge is 0.255 e. The summed E-state index contributed by atoms with van der Waals surface area (Å²) in [4.78, 5) is 21.1. The van der Waals surface area contributed by atoms with Gasteiger partial charge in [0.05, 0.1) is 12.7 Å². The number of nitrogens with zero attached hydrogens (tertiary/aromatic N) is 3. The van der Waals surface area contributed by atoms with E-state index < -0.39 is 0 Å². The Morgan fingerprint density at radius 3 is 2.48 bits per heavy atom. The van der Waals surface area contributed by atoms with Crippen molar-refractivity contribution in [3.05, 3.63) is 23.9 Å². The second-order valence-electron chi connectivity index (χ2n) is 5.86. The lowest BCUT2D eigenvalue weighted by molar-refractivity contribution is 0.0573. The maximum Gasteiger partial charge on any atom is 0.255 e. The lowest BCUT2D eigenvalue weighted by Gasteiger charge is -2.38. The van der Waals surface area contributed by atoms with Crippen LogP contribution in [0.25, 0.3) is 0 Å². The molecule has 0 unspecified atom stereocenters. The predicted octanol–water partition coefficient (Wildman–Crippen LogP) is 1.79. The molecule has 1 saturated carbocycles. The fourth-order valence-corrected chi connectivity index (χ4v) is 3.37. The number of hydrogen-bond donors (Lipinski definition) is 0. The zero-order valence-corrected chi connectivity index (χ0v) is 12.6. The maximum atomic E-state index is 12.5. The Kier molecular flexibility index (Phi) is 4.39. The van der Waals surface area contributed by atoms with Gasteiger partial charge in [0.25, 0.3) is 5.91 Å². The first-order chi connectivity index (χ1) is 10.3. The number of carbonyl (C=O) groups excluding carboxylic acids is 1. The molecular weight excluding hydrogens is 266 g/mol. The van der Waals surface area contributed by atoms with Gasteiger partial charge >= 0.3 is 0 Å². The summed E-state index contributed by atoms with van der Waals surface area (Å²) in [6, 6.07) is 4.28. The van der Waals surface area contributed by atoms with Gasteiger partial charge in [-0.1, -0.05) is 12.8 Å². The van der Waals surface area contributed by atoms with Crippen LogP contribution in [0.2, 0.25) is 0 Å². The first kappa shape index (κ1) is 14.3. The number of ether oxygens (including phenoxy) is 1. The Labute approximate surface area is 125 Å². The van der Waals surface area contributed by atoms with Crippen LogP contribution in [-0.2, 0) is 0 Å². The molecule has 5 heteroatoms. The minimum atomic E-state index is 0.0798. The van der Waals surface area contributed by atoms with E-state index in [1.807, 2.05) is 4.90 Å². The predicted molar refractivity (Wildman–Crippen MR) is 80.5 cm³/mol. The van der Waals surface area contributed by atoms with Crippen molar-refractivity contribution < 1.29 is 9.53 Å². The fraction of sp³-hybridized carbons (Fsp3) is 0.625. The van der Waals surface area contributed by atoms with Crippen LogP contribution in [0.1, 0.15) is 36.0 Å². The largest absolute Gasteiger partial charge is 0.481 e. The highest BCUT2D eigenvalue weighted by molar-refractivity contribution is 5.94. The average Bonchev–Trinajstić information content (AvgIpc) is 3.09. The number of carbonyl (C=O) groups is 1. The summed E-state index contributed by atoms with van der Waals surface area (Å²) < 4.78 is 5.02. The molecule has 1 aliphatic carbocycles. The zero-order chi connectivity index (χ0) is 14.7. The third-order valence-corrected chi connectivity index (χ3v) is 4.64. The van der Waals surface area contributed by atoms with Crippen LogP contribution in [-0.4, -0.2) is 60.0 Å². The zero-order valence-electron chi connectivity index (χ0n) is 12.6. The van der Waals surface area contributed by atoms with Gasteiger partial charge in [-0.05, 0) is 18.9 Å². The minimum Gasteiger partial charge on any atom is -0.481 e. The lowest BCUT2D eigenvalue weighted by Crippen LogP contribution is -2.51. The van der Waals surface area contributed by atoms with E-state index in [-0.39, 0.29) is 5.91 Å². The van der Waals surface area contributed by atoms with Gasteiger partial charge in [0.1, 0.15) is 0 Å². The van der Waals surface area contributed by atoms with Gasteiger partial charge in [-0.15, -0.1) is 0 Å². The molecule has 1 aromatic heterocycles. The van der Waals surface area contributed by atoms with Crippen molar-refractivity contribution in [1.82, 2.24) is 14.8 Å². The molecular formula is C16H23N3O2. The van der Waals surface area contributed by atoms with E-state index in [9.17, 15) is 4.79 Å². The number of methoxy groups -OCH3 is 1. The van der Waals surface area contributed by atoms with E-state index in [2.05, 4.69) is 9.88 Å². The summed E-state index contributed by atoms with van der Waals surface area (Å²) in [6.45, 7) is 3.64. The highest BCUT2D eigenvalue weighted by Gasteiger charge is 2.28. The molecule has 2 aliphatic rings. The number of pyridine rings is 1. The van der Waals surface area contributed by atoms with Crippen LogP contribution >= 0.6 is 0 Å². The molecule has 0 N–H and O–H groups in total. The first-order valence-electron chi connectivity index (χ1n) is 7.81. The fourth-order valence-electron chi connectivity index (χ4n) is 3.37. The van der Waals surface area contributed by atoms with Crippen LogP contribution in [0.5, 0.6) is 5.88 Å². The van der Waals surface area contributed by atoms with Gasteiger partial charge in [0, 0.05) is 44.5 Å². The third kappa shape index (κ3) is 3.18. The summed E-state index contributed by atoms with van der Waals surface area (Å²) in [6.07, 6.45) is 6.99. The second kappa shape index (κ2) is 6.43. The molecule has 114 valence electrons. The Morgan fingerprint density at radius 1 is 1.19 bits per heavy atom. The Morgan fingerprint density at radius 2 is 1.90 bits per heavy atom. The van der Waals surface area contributed by atoms with Crippen LogP contribution < -0.4 is 4.74 Å². The summed E-state index contributed by atoms with van der Waals surface area (Å²) in [5, 5.41) is 0. The molecule has 5 nitrogen and oxygen atoms in total. The molecule has 0 aromatic carbocycles. The summed E-state index contributed by atoms with van der Waals surface area (Å²) in [7, 11) is 1.58. The Bertz CT molecular complexity index is 475. The maximum absolute atomic E-state index is 12.5. The second-order valence-corrected chi connectivity index (χ2v) is 5.86. The van der Waals surface area contributed by atoms with Crippen molar-refractivity contribution in [3.8, 4) is 5.88 Å². The quantitative estimate of drug-likeness (QED) is 0.851. The number of aromatic nitrogens is 1. The summed E-state index contributed by atoms with van der Waals surface area (Å²) in [5.74, 6) is 0.619. The lowest BCUT2D eigenvalue weighted by atomic mass is 10.1. The summed E-state index contributed by atoms with van der Waals surface area (Å²) in [5.41, 5.74) is 0.644. The summed E-state index contributed by atoms with van der Waals surface area (Å²) >= 11 is 0. The Hall–Kier alpha value is -1.62. The van der Waals surface area contributed by atoms with Crippen molar-refractivity contribution >= 4 is 5.91 Å². The average molecular weight is 289 g/mol. The van der Waals surface area contributed by atoms with E-state index in [4.69, 9.17) is 4.74 Å². The molecule has 1 aliphatic heterocycles. The van der Waals surface area contributed by atoms with Crippen molar-refractivity contribution in [3.63, 3.8) is 0 Å². The molecule has 21 heavy (non-hydrogen) atoms. The minimum absolute atomic E-state index is 0.0798. The highest BCUT2D eigenvalue weighted by atomic mass is 16.5. The van der Waals surface area contributed by atoms with E-state index in [1.54, 1.807) is 25.4 Å². The highest BCUT2D eigenvalue weighted by Crippen LogP contribution is 2.24. The molecule has 0 radical (unpaired) electrons. The SMILES string of the molecule is COc1ccc(C(=O)N2CCN(C3CCCC3)CC2)cn1. The monoisotopic (exact) mass is 289 g/mol. The van der Waals surface area contributed by atoms with Crippen molar-refractivity contribution in [2.45, 2.75) is 31.7 Å². The number of hydrogen-bond acceptors (Lipinski definition) is 4. The molecule has 2 fully saturated rings. The van der Waals surface area contributed by atoms with E-state index in [0.29, 0.717) is 11.4 Å². The first-order valence-corrected chi connectivity index (χ1v) is 7.81. The number of rotatable bonds is 3. The van der Waals surface area contributed by atoms with E-state index in [0.717, 1.165) is 32.2 Å². The van der Waals surface area contributed by atoms with Gasteiger partial charge in [-0.3, -0.25) is 9.69 Å². The van der Waals surface area contributed by atoms with Crippen LogP contribution in [0.4, 0.5) is 0 Å². The third-order valence-electron chi connectivity index (χ3n) is 4.64. The van der Waals surface area contributed by atoms with Crippen LogP contribution in [0.15, 0.2) is 18.3 Å². The van der Waals surface area contributed by atoms with Crippen LogP contribution in [0, 0.1) is 0 Å².